The van der Waals surface area contributed by atoms with Gasteiger partial charge in [-0.15, -0.1) is 11.3 Å². The zero-order chi connectivity index (χ0) is 20.1. The molecule has 2 N–H and O–H groups in total. The zero-order valence-electron chi connectivity index (χ0n) is 15.8. The Kier molecular flexibility index (Phi) is 6.20. The van der Waals surface area contributed by atoms with Crippen LogP contribution in [0.5, 0.6) is 0 Å². The van der Waals surface area contributed by atoms with Crippen molar-refractivity contribution < 1.29 is 14.7 Å². The predicted octanol–water partition coefficient (Wildman–Crippen LogP) is 3.40. The van der Waals surface area contributed by atoms with Crippen LogP contribution >= 0.6 is 11.3 Å². The van der Waals surface area contributed by atoms with E-state index >= 15 is 0 Å². The molecular formula is C20H22N4O3S. The van der Waals surface area contributed by atoms with E-state index in [2.05, 4.69) is 34.3 Å². The third kappa shape index (κ3) is 4.45. The highest BCUT2D eigenvalue weighted by atomic mass is 32.1. The number of carbonyl (C=O) groups is 2. The van der Waals surface area contributed by atoms with Gasteiger partial charge in [-0.1, -0.05) is 30.3 Å². The van der Waals surface area contributed by atoms with Gasteiger partial charge in [-0.2, -0.15) is 0 Å². The molecule has 7 nitrogen and oxygen atoms in total. The molecule has 28 heavy (non-hydrogen) atoms. The number of hydrogen-bond acceptors (Lipinski definition) is 6. The van der Waals surface area contributed by atoms with Crippen LogP contribution in [0.2, 0.25) is 0 Å². The van der Waals surface area contributed by atoms with E-state index in [0.29, 0.717) is 13.0 Å². The Labute approximate surface area is 167 Å². The second-order valence-corrected chi connectivity index (χ2v) is 7.68. The van der Waals surface area contributed by atoms with Crippen LogP contribution < -0.4 is 5.32 Å². The Morgan fingerprint density at radius 1 is 1.21 bits per heavy atom. The molecule has 2 heterocycles. The maximum Gasteiger partial charge on any atom is 0.323 e. The average molecular weight is 398 g/mol. The van der Waals surface area contributed by atoms with E-state index in [1.807, 2.05) is 18.2 Å². The van der Waals surface area contributed by atoms with E-state index in [1.54, 1.807) is 17.7 Å². The summed E-state index contributed by atoms with van der Waals surface area (Å²) in [4.78, 5) is 34.8. The van der Waals surface area contributed by atoms with Crippen molar-refractivity contribution in [2.24, 2.45) is 0 Å². The number of anilines is 1. The normalized spacial score (nSPS) is 10.8. The van der Waals surface area contributed by atoms with Crippen LogP contribution in [0.1, 0.15) is 17.7 Å². The van der Waals surface area contributed by atoms with Gasteiger partial charge in [0, 0.05) is 30.5 Å². The number of carboxylic acids is 1. The zero-order valence-corrected chi connectivity index (χ0v) is 16.6. The van der Waals surface area contributed by atoms with Crippen LogP contribution in [0, 0.1) is 6.92 Å². The number of likely N-dealkylation sites (N-methyl/N-ethyl adjacent to an activating group) is 1. The smallest absolute Gasteiger partial charge is 0.323 e. The summed E-state index contributed by atoms with van der Waals surface area (Å²) in [6.45, 7) is 2.35. The summed E-state index contributed by atoms with van der Waals surface area (Å²) in [6, 6.07) is 10.1. The van der Waals surface area contributed by atoms with E-state index in [4.69, 9.17) is 5.11 Å². The topological polar surface area (TPSA) is 95.4 Å². The number of nitrogens with one attached hydrogen (secondary N) is 1. The molecule has 0 fully saturated rings. The van der Waals surface area contributed by atoms with Crippen molar-refractivity contribution >= 4 is 39.2 Å². The largest absolute Gasteiger partial charge is 0.480 e. The number of aromatic nitrogens is 2. The van der Waals surface area contributed by atoms with Crippen LogP contribution in [-0.2, 0) is 9.59 Å². The molecule has 0 spiro atoms. The van der Waals surface area contributed by atoms with Gasteiger partial charge >= 0.3 is 5.97 Å². The Hall–Kier alpha value is -3.00. The van der Waals surface area contributed by atoms with Crippen LogP contribution in [0.3, 0.4) is 0 Å². The lowest BCUT2D eigenvalue weighted by molar-refractivity contribution is -0.143. The Morgan fingerprint density at radius 2 is 1.96 bits per heavy atom. The van der Waals surface area contributed by atoms with E-state index in [0.717, 1.165) is 27.2 Å². The molecule has 0 aliphatic heterocycles. The molecule has 3 aromatic rings. The summed E-state index contributed by atoms with van der Waals surface area (Å²) in [6.07, 6.45) is 2.40. The van der Waals surface area contributed by atoms with Gasteiger partial charge in [0.05, 0.1) is 5.39 Å². The number of aliphatic carboxylic acids is 1. The third-order valence-electron chi connectivity index (χ3n) is 4.38. The maximum atomic E-state index is 12.0. The number of aryl methyl sites for hydroxylation is 1. The average Bonchev–Trinajstić information content (AvgIpc) is 3.01. The molecule has 8 heteroatoms. The first-order valence-electron chi connectivity index (χ1n) is 8.96. The van der Waals surface area contributed by atoms with Gasteiger partial charge in [0.1, 0.15) is 23.5 Å². The fourth-order valence-electron chi connectivity index (χ4n) is 3.06. The number of amides is 1. The summed E-state index contributed by atoms with van der Waals surface area (Å²) >= 11 is 1.63. The van der Waals surface area contributed by atoms with E-state index in [-0.39, 0.29) is 18.9 Å². The second-order valence-electron chi connectivity index (χ2n) is 6.48. The number of nitrogens with zero attached hydrogens (tertiary/aromatic N) is 3. The van der Waals surface area contributed by atoms with Gasteiger partial charge in [0.15, 0.2) is 0 Å². The molecule has 1 aromatic carbocycles. The molecule has 0 aliphatic carbocycles. The summed E-state index contributed by atoms with van der Waals surface area (Å²) < 4.78 is 0. The lowest BCUT2D eigenvalue weighted by Gasteiger charge is -2.14. The molecule has 0 unspecified atom stereocenters. The second kappa shape index (κ2) is 8.79. The molecule has 0 bridgehead atoms. The molecule has 0 radical (unpaired) electrons. The number of fused-ring (bicyclic) bond motifs is 1. The van der Waals surface area contributed by atoms with E-state index < -0.39 is 5.97 Å². The molecule has 146 valence electrons. The molecule has 0 saturated carbocycles. The van der Waals surface area contributed by atoms with Gasteiger partial charge in [-0.05, 0) is 18.9 Å². The summed E-state index contributed by atoms with van der Waals surface area (Å²) in [5, 5.41) is 13.1. The predicted molar refractivity (Wildman–Crippen MR) is 111 cm³/mol. The first-order chi connectivity index (χ1) is 13.5. The Morgan fingerprint density at radius 3 is 2.68 bits per heavy atom. The Bertz CT molecular complexity index is 988. The van der Waals surface area contributed by atoms with Gasteiger partial charge in [-0.3, -0.25) is 9.59 Å². The SMILES string of the molecule is Cc1sc2ncnc(NCCCC(=O)N(C)CC(=O)O)c2c1-c1ccccc1. The van der Waals surface area contributed by atoms with Crippen molar-refractivity contribution in [3.05, 3.63) is 41.5 Å². The minimum atomic E-state index is -1.02. The first kappa shape index (κ1) is 19.8. The van der Waals surface area contributed by atoms with Crippen LogP contribution in [0.4, 0.5) is 5.82 Å². The Balaban J connectivity index is 1.72. The lowest BCUT2D eigenvalue weighted by Crippen LogP contribution is -2.32. The van der Waals surface area contributed by atoms with Crippen molar-refractivity contribution in [3.63, 3.8) is 0 Å². The highest BCUT2D eigenvalue weighted by molar-refractivity contribution is 7.19. The van der Waals surface area contributed by atoms with Crippen molar-refractivity contribution in [1.29, 1.82) is 0 Å². The van der Waals surface area contributed by atoms with Crippen molar-refractivity contribution in [2.75, 3.05) is 25.5 Å². The number of thiophene rings is 1. The van der Waals surface area contributed by atoms with Gasteiger partial charge < -0.3 is 15.3 Å². The fourth-order valence-corrected chi connectivity index (χ4v) is 4.07. The van der Waals surface area contributed by atoms with E-state index in [9.17, 15) is 9.59 Å². The molecule has 2 aromatic heterocycles. The summed E-state index contributed by atoms with van der Waals surface area (Å²) in [5.74, 6) is -0.452. The number of rotatable bonds is 8. The standard InChI is InChI=1S/C20H22N4O3S/c1-13-17(14-7-4-3-5-8-14)18-19(22-12-23-20(18)28-13)21-10-6-9-15(25)24(2)11-16(26)27/h3-5,7-8,12H,6,9-11H2,1-2H3,(H,26,27)(H,21,22,23). The van der Waals surface area contributed by atoms with Crippen LogP contribution in [0.15, 0.2) is 36.7 Å². The van der Waals surface area contributed by atoms with Crippen molar-refractivity contribution in [3.8, 4) is 11.1 Å². The highest BCUT2D eigenvalue weighted by Gasteiger charge is 2.17. The summed E-state index contributed by atoms with van der Waals surface area (Å²) in [7, 11) is 1.50. The first-order valence-corrected chi connectivity index (χ1v) is 9.78. The quantitative estimate of drug-likeness (QED) is 0.565. The van der Waals surface area contributed by atoms with Crippen molar-refractivity contribution in [2.45, 2.75) is 19.8 Å². The van der Waals surface area contributed by atoms with Gasteiger partial charge in [0.2, 0.25) is 5.91 Å². The van der Waals surface area contributed by atoms with Gasteiger partial charge in [0.25, 0.3) is 0 Å². The summed E-state index contributed by atoms with van der Waals surface area (Å²) in [5.41, 5.74) is 2.25. The molecular weight excluding hydrogens is 376 g/mol. The van der Waals surface area contributed by atoms with Crippen molar-refractivity contribution in [1.82, 2.24) is 14.9 Å². The number of carboxylic acid groups (broad SMARTS) is 1. The molecule has 0 atom stereocenters. The van der Waals surface area contributed by atoms with Gasteiger partial charge in [-0.25, -0.2) is 9.97 Å². The third-order valence-corrected chi connectivity index (χ3v) is 5.40. The van der Waals surface area contributed by atoms with Crippen LogP contribution in [-0.4, -0.2) is 52.0 Å². The minimum absolute atomic E-state index is 0.187. The number of hydrogen-bond donors (Lipinski definition) is 2. The minimum Gasteiger partial charge on any atom is -0.480 e. The van der Waals surface area contributed by atoms with Crippen LogP contribution in [0.25, 0.3) is 21.3 Å². The van der Waals surface area contributed by atoms with E-state index in [1.165, 1.54) is 16.8 Å². The number of benzene rings is 1. The monoisotopic (exact) mass is 398 g/mol. The molecule has 1 amide bonds. The highest BCUT2D eigenvalue weighted by Crippen LogP contribution is 2.40. The molecule has 3 rings (SSSR count). The lowest BCUT2D eigenvalue weighted by atomic mass is 10.0. The molecule has 0 saturated heterocycles. The fraction of sp³-hybridized carbons (Fsp3) is 0.300. The number of carbonyl (C=O) groups excluding carboxylic acids is 1. The maximum absolute atomic E-state index is 12.0. The molecule has 0 aliphatic rings.